The third-order valence-electron chi connectivity index (χ3n) is 4.69. The molecule has 130 valence electrons. The highest BCUT2D eigenvalue weighted by molar-refractivity contribution is 6.33. The predicted molar refractivity (Wildman–Crippen MR) is 90.4 cm³/mol. The van der Waals surface area contributed by atoms with Crippen LogP contribution in [0.15, 0.2) is 18.2 Å². The number of likely N-dealkylation sites (tertiary alicyclic amines) is 1. The Morgan fingerprint density at radius 2 is 2.08 bits per heavy atom. The number of rotatable bonds is 5. The van der Waals surface area contributed by atoms with Gasteiger partial charge in [-0.3, -0.25) is 9.59 Å². The first-order valence-corrected chi connectivity index (χ1v) is 8.94. The SMILES string of the molecule is O=C(CC[C@@H]1CCCN(C(=O)c2ccc(F)cc2Cl)C1)NC1CC1. The van der Waals surface area contributed by atoms with Gasteiger partial charge in [-0.1, -0.05) is 11.6 Å². The molecule has 1 atom stereocenters. The smallest absolute Gasteiger partial charge is 0.255 e. The van der Waals surface area contributed by atoms with Crippen LogP contribution in [0.4, 0.5) is 4.39 Å². The average Bonchev–Trinajstić information content (AvgIpc) is 3.36. The number of halogens is 2. The van der Waals surface area contributed by atoms with Crippen molar-refractivity contribution in [1.82, 2.24) is 10.2 Å². The van der Waals surface area contributed by atoms with Gasteiger partial charge in [-0.15, -0.1) is 0 Å². The van der Waals surface area contributed by atoms with Crippen LogP contribution in [0, 0.1) is 11.7 Å². The fourth-order valence-corrected chi connectivity index (χ4v) is 3.43. The van der Waals surface area contributed by atoms with E-state index in [0.29, 0.717) is 37.0 Å². The number of nitrogens with zero attached hydrogens (tertiary/aromatic N) is 1. The van der Waals surface area contributed by atoms with Crippen LogP contribution < -0.4 is 5.32 Å². The first-order chi connectivity index (χ1) is 11.5. The molecule has 1 aromatic carbocycles. The van der Waals surface area contributed by atoms with Crippen LogP contribution in [0.5, 0.6) is 0 Å². The minimum absolute atomic E-state index is 0.113. The molecule has 0 spiro atoms. The van der Waals surface area contributed by atoms with Gasteiger partial charge in [0.1, 0.15) is 5.82 Å². The van der Waals surface area contributed by atoms with E-state index < -0.39 is 5.82 Å². The van der Waals surface area contributed by atoms with E-state index in [4.69, 9.17) is 11.6 Å². The second kappa shape index (κ2) is 7.51. The summed E-state index contributed by atoms with van der Waals surface area (Å²) in [5, 5.41) is 3.14. The zero-order valence-electron chi connectivity index (χ0n) is 13.6. The maximum Gasteiger partial charge on any atom is 0.255 e. The molecule has 1 saturated heterocycles. The Balaban J connectivity index is 1.54. The summed E-state index contributed by atoms with van der Waals surface area (Å²) < 4.78 is 13.1. The van der Waals surface area contributed by atoms with Gasteiger partial charge >= 0.3 is 0 Å². The quantitative estimate of drug-likeness (QED) is 0.883. The van der Waals surface area contributed by atoms with Crippen LogP contribution in [0.1, 0.15) is 48.9 Å². The molecule has 1 heterocycles. The van der Waals surface area contributed by atoms with E-state index in [-0.39, 0.29) is 16.8 Å². The molecule has 2 aliphatic rings. The van der Waals surface area contributed by atoms with E-state index in [9.17, 15) is 14.0 Å². The van der Waals surface area contributed by atoms with Crippen LogP contribution in [-0.4, -0.2) is 35.8 Å². The number of carbonyl (C=O) groups is 2. The molecular weight excluding hydrogens is 331 g/mol. The van der Waals surface area contributed by atoms with E-state index in [1.165, 1.54) is 18.2 Å². The molecule has 6 heteroatoms. The normalized spacial score (nSPS) is 20.8. The van der Waals surface area contributed by atoms with Crippen LogP contribution in [0.25, 0.3) is 0 Å². The van der Waals surface area contributed by atoms with Crippen molar-refractivity contribution in [2.75, 3.05) is 13.1 Å². The number of hydrogen-bond donors (Lipinski definition) is 1. The van der Waals surface area contributed by atoms with Gasteiger partial charge in [-0.25, -0.2) is 4.39 Å². The maximum absolute atomic E-state index is 13.1. The van der Waals surface area contributed by atoms with E-state index in [2.05, 4.69) is 5.32 Å². The lowest BCUT2D eigenvalue weighted by atomic mass is 9.92. The van der Waals surface area contributed by atoms with Crippen LogP contribution in [-0.2, 0) is 4.79 Å². The number of carbonyl (C=O) groups excluding carboxylic acids is 2. The molecule has 1 aliphatic carbocycles. The molecule has 0 radical (unpaired) electrons. The second-order valence-electron chi connectivity index (χ2n) is 6.76. The zero-order chi connectivity index (χ0) is 17.1. The lowest BCUT2D eigenvalue weighted by Gasteiger charge is -2.33. The molecule has 2 amide bonds. The summed E-state index contributed by atoms with van der Waals surface area (Å²) in [6, 6.07) is 4.25. The molecule has 0 bridgehead atoms. The van der Waals surface area contributed by atoms with Crippen molar-refractivity contribution in [2.24, 2.45) is 5.92 Å². The molecule has 0 unspecified atom stereocenters. The van der Waals surface area contributed by atoms with Gasteiger partial charge in [0.15, 0.2) is 0 Å². The van der Waals surface area contributed by atoms with Crippen molar-refractivity contribution >= 4 is 23.4 Å². The topological polar surface area (TPSA) is 49.4 Å². The van der Waals surface area contributed by atoms with Gasteiger partial charge in [0.05, 0.1) is 10.6 Å². The van der Waals surface area contributed by atoms with Crippen LogP contribution >= 0.6 is 11.6 Å². The first-order valence-electron chi connectivity index (χ1n) is 8.56. The summed E-state index contributed by atoms with van der Waals surface area (Å²) in [4.78, 5) is 26.2. The fraction of sp³-hybridized carbons (Fsp3) is 0.556. The average molecular weight is 353 g/mol. The zero-order valence-corrected chi connectivity index (χ0v) is 14.3. The maximum atomic E-state index is 13.1. The standard InChI is InChI=1S/C18H22ClFN2O2/c19-16-10-13(20)4-7-15(16)18(24)22-9-1-2-12(11-22)3-8-17(23)21-14-5-6-14/h4,7,10,12,14H,1-3,5-6,8-9,11H2,(H,21,23)/t12-/m0/s1. The van der Waals surface area contributed by atoms with Crippen molar-refractivity contribution in [3.63, 3.8) is 0 Å². The summed E-state index contributed by atoms with van der Waals surface area (Å²) >= 11 is 6.00. The number of nitrogens with one attached hydrogen (secondary N) is 1. The number of hydrogen-bond acceptors (Lipinski definition) is 2. The predicted octanol–water partition coefficient (Wildman–Crippen LogP) is 3.39. The number of amides is 2. The van der Waals surface area contributed by atoms with E-state index in [1.54, 1.807) is 4.90 Å². The molecule has 1 N–H and O–H groups in total. The highest BCUT2D eigenvalue weighted by Gasteiger charge is 2.27. The molecular formula is C18H22ClFN2O2. The molecule has 0 aromatic heterocycles. The Kier molecular flexibility index (Phi) is 5.39. The lowest BCUT2D eigenvalue weighted by Crippen LogP contribution is -2.40. The summed E-state index contributed by atoms with van der Waals surface area (Å²) in [5.74, 6) is -0.170. The van der Waals surface area contributed by atoms with Crippen LogP contribution in [0.3, 0.4) is 0 Å². The second-order valence-corrected chi connectivity index (χ2v) is 7.17. The van der Waals surface area contributed by atoms with Gasteiger partial charge in [-0.05, 0) is 56.2 Å². The summed E-state index contributed by atoms with van der Waals surface area (Å²) in [6.45, 7) is 1.31. The first kappa shape index (κ1) is 17.2. The van der Waals surface area contributed by atoms with Gasteiger partial charge < -0.3 is 10.2 Å². The number of piperidine rings is 1. The molecule has 1 aromatic rings. The summed E-state index contributed by atoms with van der Waals surface area (Å²) in [7, 11) is 0. The highest BCUT2D eigenvalue weighted by atomic mass is 35.5. The Labute approximate surface area is 146 Å². The molecule has 24 heavy (non-hydrogen) atoms. The number of benzene rings is 1. The molecule has 2 fully saturated rings. The van der Waals surface area contributed by atoms with Crippen molar-refractivity contribution in [3.05, 3.63) is 34.6 Å². The monoisotopic (exact) mass is 352 g/mol. The van der Waals surface area contributed by atoms with E-state index in [1.807, 2.05) is 0 Å². The third-order valence-corrected chi connectivity index (χ3v) is 5.00. The van der Waals surface area contributed by atoms with E-state index in [0.717, 1.165) is 32.1 Å². The molecule has 3 rings (SSSR count). The molecule has 4 nitrogen and oxygen atoms in total. The minimum Gasteiger partial charge on any atom is -0.353 e. The fourth-order valence-electron chi connectivity index (χ4n) is 3.18. The van der Waals surface area contributed by atoms with Gasteiger partial charge in [0.25, 0.3) is 5.91 Å². The Hall–Kier alpha value is -1.62. The minimum atomic E-state index is -0.449. The molecule has 1 aliphatic heterocycles. The third kappa shape index (κ3) is 4.47. The van der Waals surface area contributed by atoms with Crippen LogP contribution in [0.2, 0.25) is 5.02 Å². The Bertz CT molecular complexity index is 633. The Morgan fingerprint density at radius 3 is 2.79 bits per heavy atom. The summed E-state index contributed by atoms with van der Waals surface area (Å²) in [6.07, 6.45) is 5.43. The van der Waals surface area contributed by atoms with Crippen molar-refractivity contribution in [3.8, 4) is 0 Å². The highest BCUT2D eigenvalue weighted by Crippen LogP contribution is 2.25. The largest absolute Gasteiger partial charge is 0.353 e. The van der Waals surface area contributed by atoms with Crippen molar-refractivity contribution < 1.29 is 14.0 Å². The van der Waals surface area contributed by atoms with Gasteiger partial charge in [0.2, 0.25) is 5.91 Å². The lowest BCUT2D eigenvalue weighted by molar-refractivity contribution is -0.121. The van der Waals surface area contributed by atoms with E-state index >= 15 is 0 Å². The van der Waals surface area contributed by atoms with Crippen molar-refractivity contribution in [1.29, 1.82) is 0 Å². The van der Waals surface area contributed by atoms with Gasteiger partial charge in [-0.2, -0.15) is 0 Å². The van der Waals surface area contributed by atoms with Gasteiger partial charge in [0, 0.05) is 25.6 Å². The molecule has 1 saturated carbocycles. The summed E-state index contributed by atoms with van der Waals surface area (Å²) in [5.41, 5.74) is 0.338. The van der Waals surface area contributed by atoms with Crippen molar-refractivity contribution in [2.45, 2.75) is 44.6 Å². The Morgan fingerprint density at radius 1 is 1.29 bits per heavy atom.